The molecule has 0 aliphatic carbocycles. The highest BCUT2D eigenvalue weighted by Gasteiger charge is 2.30. The number of carbonyl (C=O) groups is 2. The van der Waals surface area contributed by atoms with Crippen LogP contribution >= 0.6 is 0 Å². The van der Waals surface area contributed by atoms with Crippen molar-refractivity contribution in [1.29, 1.82) is 0 Å². The molecule has 0 radical (unpaired) electrons. The van der Waals surface area contributed by atoms with E-state index in [1.54, 1.807) is 25.3 Å². The molecule has 2 heterocycles. The van der Waals surface area contributed by atoms with E-state index >= 15 is 0 Å². The largest absolute Gasteiger partial charge is 0.375 e. The molecular weight excluding hydrogens is 284 g/mol. The summed E-state index contributed by atoms with van der Waals surface area (Å²) in [5.74, 6) is -0.741. The number of morpholine rings is 1. The SMILES string of the molecule is CN1CCOC(CCNC(=O)C2=CC(C)(C(N)=O)NC=C2)C1. The molecule has 0 spiro atoms. The van der Waals surface area contributed by atoms with Crippen molar-refractivity contribution in [2.24, 2.45) is 5.73 Å². The Bertz CT molecular complexity index is 503. The fourth-order valence-corrected chi connectivity index (χ4v) is 2.48. The quantitative estimate of drug-likeness (QED) is 0.612. The number of dihydropyridines is 1. The summed E-state index contributed by atoms with van der Waals surface area (Å²) in [6.45, 7) is 4.72. The lowest BCUT2D eigenvalue weighted by Gasteiger charge is -2.30. The number of primary amides is 1. The van der Waals surface area contributed by atoms with E-state index in [4.69, 9.17) is 10.5 Å². The number of nitrogens with one attached hydrogen (secondary N) is 2. The fraction of sp³-hybridized carbons (Fsp3) is 0.600. The van der Waals surface area contributed by atoms with Crippen molar-refractivity contribution in [2.75, 3.05) is 33.3 Å². The van der Waals surface area contributed by atoms with Gasteiger partial charge >= 0.3 is 0 Å². The lowest BCUT2D eigenvalue weighted by Crippen LogP contribution is -2.51. The van der Waals surface area contributed by atoms with E-state index in [2.05, 4.69) is 22.6 Å². The zero-order valence-electron chi connectivity index (χ0n) is 13.1. The van der Waals surface area contributed by atoms with Gasteiger partial charge in [0.1, 0.15) is 5.54 Å². The highest BCUT2D eigenvalue weighted by molar-refractivity contribution is 5.99. The van der Waals surface area contributed by atoms with Crippen LogP contribution in [0.25, 0.3) is 0 Å². The average molecular weight is 308 g/mol. The zero-order valence-corrected chi connectivity index (χ0v) is 13.1. The summed E-state index contributed by atoms with van der Waals surface area (Å²) >= 11 is 0. The predicted octanol–water partition coefficient (Wildman–Crippen LogP) is -0.889. The maximum atomic E-state index is 12.2. The van der Waals surface area contributed by atoms with Crippen molar-refractivity contribution in [3.63, 3.8) is 0 Å². The van der Waals surface area contributed by atoms with Gasteiger partial charge in [-0.3, -0.25) is 9.59 Å². The lowest BCUT2D eigenvalue weighted by molar-refractivity contribution is -0.121. The van der Waals surface area contributed by atoms with Crippen LogP contribution in [0.5, 0.6) is 0 Å². The molecule has 0 aromatic carbocycles. The second kappa shape index (κ2) is 6.93. The summed E-state index contributed by atoms with van der Waals surface area (Å²) in [6, 6.07) is 0. The lowest BCUT2D eigenvalue weighted by atomic mass is 9.95. The van der Waals surface area contributed by atoms with Crippen molar-refractivity contribution < 1.29 is 14.3 Å². The van der Waals surface area contributed by atoms with Gasteiger partial charge in [-0.1, -0.05) is 0 Å². The van der Waals surface area contributed by atoms with Gasteiger partial charge in [0.05, 0.1) is 12.7 Å². The zero-order chi connectivity index (χ0) is 16.2. The van der Waals surface area contributed by atoms with E-state index in [1.165, 1.54) is 0 Å². The Kier molecular flexibility index (Phi) is 5.20. The van der Waals surface area contributed by atoms with Crippen LogP contribution in [0, 0.1) is 0 Å². The van der Waals surface area contributed by atoms with Crippen LogP contribution < -0.4 is 16.4 Å². The molecule has 22 heavy (non-hydrogen) atoms. The Morgan fingerprint density at radius 1 is 1.59 bits per heavy atom. The molecule has 2 rings (SSSR count). The fourth-order valence-electron chi connectivity index (χ4n) is 2.48. The summed E-state index contributed by atoms with van der Waals surface area (Å²) in [5, 5.41) is 5.71. The summed E-state index contributed by atoms with van der Waals surface area (Å²) < 4.78 is 5.65. The third-order valence-electron chi connectivity index (χ3n) is 3.96. The number of nitrogens with two attached hydrogens (primary N) is 1. The summed E-state index contributed by atoms with van der Waals surface area (Å²) in [5.41, 5.74) is 4.74. The van der Waals surface area contributed by atoms with E-state index in [0.29, 0.717) is 12.1 Å². The van der Waals surface area contributed by atoms with Gasteiger partial charge in [-0.25, -0.2) is 0 Å². The number of nitrogens with zero attached hydrogens (tertiary/aromatic N) is 1. The number of ether oxygens (including phenoxy) is 1. The van der Waals surface area contributed by atoms with Crippen molar-refractivity contribution in [3.8, 4) is 0 Å². The topological polar surface area (TPSA) is 96.7 Å². The maximum Gasteiger partial charge on any atom is 0.251 e. The molecule has 7 nitrogen and oxygen atoms in total. The molecule has 2 aliphatic rings. The van der Waals surface area contributed by atoms with E-state index in [1.807, 2.05) is 0 Å². The first-order valence-electron chi connectivity index (χ1n) is 7.46. The second-order valence-electron chi connectivity index (χ2n) is 5.94. The van der Waals surface area contributed by atoms with E-state index in [-0.39, 0.29) is 12.0 Å². The number of rotatable bonds is 5. The highest BCUT2D eigenvalue weighted by Crippen LogP contribution is 2.15. The molecule has 4 N–H and O–H groups in total. The molecule has 1 saturated heterocycles. The van der Waals surface area contributed by atoms with Crippen LogP contribution in [0.4, 0.5) is 0 Å². The number of likely N-dealkylation sites (N-methyl/N-ethyl adjacent to an activating group) is 1. The molecule has 2 amide bonds. The minimum atomic E-state index is -1.03. The van der Waals surface area contributed by atoms with Gasteiger partial charge in [0.25, 0.3) is 5.91 Å². The molecule has 2 aliphatic heterocycles. The van der Waals surface area contributed by atoms with Gasteiger partial charge in [-0.2, -0.15) is 0 Å². The van der Waals surface area contributed by atoms with Crippen LogP contribution in [-0.4, -0.2) is 61.6 Å². The Morgan fingerprint density at radius 3 is 3.05 bits per heavy atom. The normalized spacial score (nSPS) is 28.6. The standard InChI is InChI=1S/C15H24N4O3/c1-15(14(16)21)9-11(3-6-18-15)13(20)17-5-4-12-10-19(2)7-8-22-12/h3,6,9,12,18H,4-5,7-8,10H2,1-2H3,(H2,16,21)(H,17,20). The highest BCUT2D eigenvalue weighted by atomic mass is 16.5. The third-order valence-corrected chi connectivity index (χ3v) is 3.96. The maximum absolute atomic E-state index is 12.2. The summed E-state index contributed by atoms with van der Waals surface area (Å²) in [4.78, 5) is 25.8. The van der Waals surface area contributed by atoms with Crippen LogP contribution in [-0.2, 0) is 14.3 Å². The van der Waals surface area contributed by atoms with Crippen LogP contribution in [0.3, 0.4) is 0 Å². The minimum absolute atomic E-state index is 0.146. The molecule has 0 saturated carbocycles. The molecule has 0 bridgehead atoms. The van der Waals surface area contributed by atoms with E-state index < -0.39 is 11.4 Å². The molecule has 0 aromatic heterocycles. The van der Waals surface area contributed by atoms with Crippen LogP contribution in [0.1, 0.15) is 13.3 Å². The van der Waals surface area contributed by atoms with Gasteiger partial charge in [-0.05, 0) is 38.7 Å². The molecule has 2 atom stereocenters. The molecular formula is C15H24N4O3. The van der Waals surface area contributed by atoms with Gasteiger partial charge < -0.3 is 26.0 Å². The smallest absolute Gasteiger partial charge is 0.251 e. The summed E-state index contributed by atoms with van der Waals surface area (Å²) in [6.07, 6.45) is 5.66. The first-order valence-corrected chi connectivity index (χ1v) is 7.46. The Labute approximate surface area is 130 Å². The molecule has 0 aromatic rings. The van der Waals surface area contributed by atoms with E-state index in [0.717, 1.165) is 26.1 Å². The average Bonchev–Trinajstić information content (AvgIpc) is 2.47. The van der Waals surface area contributed by atoms with E-state index in [9.17, 15) is 9.59 Å². The first-order chi connectivity index (χ1) is 10.4. The van der Waals surface area contributed by atoms with Gasteiger partial charge in [0, 0.05) is 25.2 Å². The van der Waals surface area contributed by atoms with Crippen molar-refractivity contribution in [1.82, 2.24) is 15.5 Å². The molecule has 1 fully saturated rings. The monoisotopic (exact) mass is 308 g/mol. The second-order valence-corrected chi connectivity index (χ2v) is 5.94. The Morgan fingerprint density at radius 2 is 2.36 bits per heavy atom. The third kappa shape index (κ3) is 4.08. The predicted molar refractivity (Wildman–Crippen MR) is 82.8 cm³/mol. The van der Waals surface area contributed by atoms with Crippen molar-refractivity contribution in [3.05, 3.63) is 23.9 Å². The van der Waals surface area contributed by atoms with Gasteiger partial charge in [0.15, 0.2) is 0 Å². The molecule has 2 unspecified atom stereocenters. The van der Waals surface area contributed by atoms with Crippen molar-refractivity contribution >= 4 is 11.8 Å². The van der Waals surface area contributed by atoms with Gasteiger partial charge in [0.2, 0.25) is 5.91 Å². The number of hydrogen-bond donors (Lipinski definition) is 3. The summed E-state index contributed by atoms with van der Waals surface area (Å²) in [7, 11) is 2.06. The number of carbonyl (C=O) groups excluding carboxylic acids is 2. The van der Waals surface area contributed by atoms with Gasteiger partial charge in [-0.15, -0.1) is 0 Å². The minimum Gasteiger partial charge on any atom is -0.375 e. The first kappa shape index (κ1) is 16.5. The van der Waals surface area contributed by atoms with Crippen LogP contribution in [0.15, 0.2) is 23.9 Å². The number of amides is 2. The van der Waals surface area contributed by atoms with Crippen LogP contribution in [0.2, 0.25) is 0 Å². The Balaban J connectivity index is 1.83. The Hall–Kier alpha value is -1.86. The van der Waals surface area contributed by atoms with Crippen molar-refractivity contribution in [2.45, 2.75) is 25.0 Å². The number of hydrogen-bond acceptors (Lipinski definition) is 5. The molecule has 122 valence electrons. The molecule has 7 heteroatoms.